The molecule has 2 aromatic rings. The minimum atomic E-state index is -0.264. The van der Waals surface area contributed by atoms with Crippen molar-refractivity contribution in [1.82, 2.24) is 15.1 Å². The van der Waals surface area contributed by atoms with Crippen LogP contribution >= 0.6 is 0 Å². The van der Waals surface area contributed by atoms with E-state index in [0.29, 0.717) is 6.42 Å². The van der Waals surface area contributed by atoms with Crippen LogP contribution in [0.1, 0.15) is 30.5 Å². The van der Waals surface area contributed by atoms with Crippen LogP contribution in [0.25, 0.3) is 11.3 Å². The van der Waals surface area contributed by atoms with Crippen molar-refractivity contribution in [2.24, 2.45) is 5.92 Å². The van der Waals surface area contributed by atoms with Crippen molar-refractivity contribution < 1.29 is 9.18 Å². The van der Waals surface area contributed by atoms with Crippen LogP contribution in [0, 0.1) is 11.7 Å². The first-order valence-electron chi connectivity index (χ1n) is 8.33. The summed E-state index contributed by atoms with van der Waals surface area (Å²) < 4.78 is 13.5. The fraction of sp³-hybridized carbons (Fsp3) is 0.444. The van der Waals surface area contributed by atoms with E-state index in [-0.39, 0.29) is 17.6 Å². The molecule has 0 unspecified atom stereocenters. The SMILES string of the molecule is O=C([C@@H]1CCc2[nH]nc(-c3cccc(F)c3)c2C1)N1CCCC1. The average Bonchev–Trinajstić information content (AvgIpc) is 3.23. The van der Waals surface area contributed by atoms with E-state index in [1.807, 2.05) is 11.0 Å². The number of aryl methyl sites for hydroxylation is 1. The number of hydrogen-bond acceptors (Lipinski definition) is 2. The van der Waals surface area contributed by atoms with E-state index < -0.39 is 0 Å². The molecule has 4 nitrogen and oxygen atoms in total. The van der Waals surface area contributed by atoms with Gasteiger partial charge in [-0.2, -0.15) is 5.10 Å². The first-order valence-corrected chi connectivity index (χ1v) is 8.33. The van der Waals surface area contributed by atoms with E-state index in [1.54, 1.807) is 6.07 Å². The second kappa shape index (κ2) is 5.80. The second-order valence-corrected chi connectivity index (χ2v) is 6.51. The molecule has 1 aromatic heterocycles. The molecule has 1 aliphatic carbocycles. The van der Waals surface area contributed by atoms with Gasteiger partial charge in [0.2, 0.25) is 5.91 Å². The Bertz CT molecular complexity index is 734. The number of likely N-dealkylation sites (tertiary alicyclic amines) is 1. The third kappa shape index (κ3) is 2.64. The number of nitrogens with zero attached hydrogens (tertiary/aromatic N) is 2. The van der Waals surface area contributed by atoms with Gasteiger partial charge in [-0.3, -0.25) is 9.89 Å². The lowest BCUT2D eigenvalue weighted by atomic mass is 9.84. The number of H-pyrrole nitrogens is 1. The lowest BCUT2D eigenvalue weighted by Crippen LogP contribution is -2.36. The molecule has 1 aliphatic heterocycles. The molecule has 1 fully saturated rings. The molecule has 23 heavy (non-hydrogen) atoms. The van der Waals surface area contributed by atoms with Crippen LogP contribution in [0.3, 0.4) is 0 Å². The van der Waals surface area contributed by atoms with Gasteiger partial charge in [0.05, 0.1) is 5.69 Å². The van der Waals surface area contributed by atoms with Gasteiger partial charge in [0.25, 0.3) is 0 Å². The number of carbonyl (C=O) groups excluding carboxylic acids is 1. The molecular formula is C18H20FN3O. The molecule has 4 rings (SSSR count). The van der Waals surface area contributed by atoms with Crippen LogP contribution in [0.4, 0.5) is 4.39 Å². The fourth-order valence-electron chi connectivity index (χ4n) is 3.78. The summed E-state index contributed by atoms with van der Waals surface area (Å²) in [4.78, 5) is 14.7. The lowest BCUT2D eigenvalue weighted by molar-refractivity contribution is -0.134. The lowest BCUT2D eigenvalue weighted by Gasteiger charge is -2.26. The van der Waals surface area contributed by atoms with Crippen LogP contribution in [-0.4, -0.2) is 34.1 Å². The molecule has 1 amide bonds. The van der Waals surface area contributed by atoms with Gasteiger partial charge in [0.15, 0.2) is 0 Å². The molecule has 5 heteroatoms. The van der Waals surface area contributed by atoms with Crippen LogP contribution in [0.2, 0.25) is 0 Å². The summed E-state index contributed by atoms with van der Waals surface area (Å²) in [6.45, 7) is 1.79. The van der Waals surface area contributed by atoms with Crippen molar-refractivity contribution in [3.8, 4) is 11.3 Å². The highest BCUT2D eigenvalue weighted by molar-refractivity contribution is 5.80. The topological polar surface area (TPSA) is 49.0 Å². The smallest absolute Gasteiger partial charge is 0.226 e. The highest BCUT2D eigenvalue weighted by Gasteiger charge is 2.32. The van der Waals surface area contributed by atoms with Crippen LogP contribution in [-0.2, 0) is 17.6 Å². The maximum Gasteiger partial charge on any atom is 0.226 e. The first-order chi connectivity index (χ1) is 11.2. The van der Waals surface area contributed by atoms with Gasteiger partial charge in [-0.1, -0.05) is 12.1 Å². The normalized spacial score (nSPS) is 20.6. The van der Waals surface area contributed by atoms with E-state index in [1.165, 1.54) is 12.1 Å². The van der Waals surface area contributed by atoms with Crippen molar-refractivity contribution in [1.29, 1.82) is 0 Å². The van der Waals surface area contributed by atoms with Crippen molar-refractivity contribution in [3.05, 3.63) is 41.3 Å². The Morgan fingerprint density at radius 1 is 1.30 bits per heavy atom. The molecule has 0 radical (unpaired) electrons. The van der Waals surface area contributed by atoms with Gasteiger partial charge in [-0.15, -0.1) is 0 Å². The monoisotopic (exact) mass is 313 g/mol. The van der Waals surface area contributed by atoms with Crippen LogP contribution in [0.5, 0.6) is 0 Å². The number of aromatic amines is 1. The maximum absolute atomic E-state index is 13.5. The molecule has 1 aromatic carbocycles. The summed E-state index contributed by atoms with van der Waals surface area (Å²) >= 11 is 0. The van der Waals surface area contributed by atoms with E-state index in [4.69, 9.17) is 0 Å². The minimum absolute atomic E-state index is 0.0329. The Labute approximate surface area is 134 Å². The third-order valence-electron chi connectivity index (χ3n) is 5.01. The number of aromatic nitrogens is 2. The van der Waals surface area contributed by atoms with Crippen molar-refractivity contribution >= 4 is 5.91 Å². The highest BCUT2D eigenvalue weighted by Crippen LogP contribution is 2.33. The first kappa shape index (κ1) is 14.4. The summed E-state index contributed by atoms with van der Waals surface area (Å²) in [5, 5.41) is 7.46. The molecule has 120 valence electrons. The Morgan fingerprint density at radius 2 is 2.13 bits per heavy atom. The third-order valence-corrected chi connectivity index (χ3v) is 5.01. The van der Waals surface area contributed by atoms with Crippen molar-refractivity contribution in [2.45, 2.75) is 32.1 Å². The molecule has 2 aliphatic rings. The number of benzene rings is 1. The van der Waals surface area contributed by atoms with Gasteiger partial charge in [0, 0.05) is 35.8 Å². The number of fused-ring (bicyclic) bond motifs is 1. The maximum atomic E-state index is 13.5. The zero-order chi connectivity index (χ0) is 15.8. The van der Waals surface area contributed by atoms with Gasteiger partial charge < -0.3 is 4.90 Å². The standard InChI is InChI=1S/C18H20FN3O/c19-14-5-3-4-12(10-14)17-15-11-13(6-7-16(15)20-21-17)18(23)22-8-1-2-9-22/h3-5,10,13H,1-2,6-9,11H2,(H,20,21)/t13-/m1/s1. The minimum Gasteiger partial charge on any atom is -0.342 e. The number of carbonyl (C=O) groups is 1. The van der Waals surface area contributed by atoms with E-state index in [9.17, 15) is 9.18 Å². The summed E-state index contributed by atoms with van der Waals surface area (Å²) in [7, 11) is 0. The molecule has 0 bridgehead atoms. The van der Waals surface area contributed by atoms with Gasteiger partial charge in [-0.05, 0) is 44.2 Å². The Kier molecular flexibility index (Phi) is 3.63. The van der Waals surface area contributed by atoms with Crippen molar-refractivity contribution in [2.75, 3.05) is 13.1 Å². The molecule has 0 spiro atoms. The van der Waals surface area contributed by atoms with Gasteiger partial charge in [-0.25, -0.2) is 4.39 Å². The molecule has 0 saturated carbocycles. The fourth-order valence-corrected chi connectivity index (χ4v) is 3.78. The number of hydrogen-bond donors (Lipinski definition) is 1. The summed E-state index contributed by atoms with van der Waals surface area (Å²) in [6.07, 6.45) is 4.63. The quantitative estimate of drug-likeness (QED) is 0.926. The van der Waals surface area contributed by atoms with Crippen LogP contribution in [0.15, 0.2) is 24.3 Å². The summed E-state index contributed by atoms with van der Waals surface area (Å²) in [5.41, 5.74) is 3.74. The summed E-state index contributed by atoms with van der Waals surface area (Å²) in [5.74, 6) is 0.0461. The largest absolute Gasteiger partial charge is 0.342 e. The van der Waals surface area contributed by atoms with Crippen molar-refractivity contribution in [3.63, 3.8) is 0 Å². The average molecular weight is 313 g/mol. The highest BCUT2D eigenvalue weighted by atomic mass is 19.1. The predicted octanol–water partition coefficient (Wildman–Crippen LogP) is 2.94. The molecule has 1 saturated heterocycles. The van der Waals surface area contributed by atoms with Gasteiger partial charge in [0.1, 0.15) is 5.82 Å². The Hall–Kier alpha value is -2.17. The van der Waals surface area contributed by atoms with Gasteiger partial charge >= 0.3 is 0 Å². The van der Waals surface area contributed by atoms with E-state index in [2.05, 4.69) is 10.2 Å². The number of nitrogens with one attached hydrogen (secondary N) is 1. The number of amides is 1. The Balaban J connectivity index is 1.61. The zero-order valence-electron chi connectivity index (χ0n) is 13.0. The zero-order valence-corrected chi connectivity index (χ0v) is 13.0. The summed E-state index contributed by atoms with van der Waals surface area (Å²) in [6, 6.07) is 6.50. The van der Waals surface area contributed by atoms with Crippen LogP contribution < -0.4 is 0 Å². The number of halogens is 1. The number of rotatable bonds is 2. The second-order valence-electron chi connectivity index (χ2n) is 6.51. The van der Waals surface area contributed by atoms with E-state index >= 15 is 0 Å². The Morgan fingerprint density at radius 3 is 2.91 bits per heavy atom. The molecule has 2 heterocycles. The van der Waals surface area contributed by atoms with E-state index in [0.717, 1.165) is 61.3 Å². The predicted molar refractivity (Wildman–Crippen MR) is 85.3 cm³/mol. The molecule has 1 atom stereocenters. The molecular weight excluding hydrogens is 293 g/mol. The molecule has 1 N–H and O–H groups in total.